The van der Waals surface area contributed by atoms with Crippen LogP contribution in [0.1, 0.15) is 19.7 Å². The van der Waals surface area contributed by atoms with Crippen LogP contribution in [-0.2, 0) is 11.3 Å². The number of hydrogen-bond acceptors (Lipinski definition) is 6. The molecule has 1 N–H and O–H groups in total. The van der Waals surface area contributed by atoms with Crippen molar-refractivity contribution in [2.75, 3.05) is 38.8 Å². The van der Waals surface area contributed by atoms with Crippen molar-refractivity contribution in [3.63, 3.8) is 0 Å². The van der Waals surface area contributed by atoms with Gasteiger partial charge in [0.1, 0.15) is 0 Å². The van der Waals surface area contributed by atoms with Gasteiger partial charge in [0.25, 0.3) is 0 Å². The Bertz CT molecular complexity index is 314. The molecule has 0 aliphatic heterocycles. The summed E-state index contributed by atoms with van der Waals surface area (Å²) in [7, 11) is 3.63. The van der Waals surface area contributed by atoms with E-state index in [4.69, 9.17) is 9.15 Å². The van der Waals surface area contributed by atoms with Crippen LogP contribution in [0.5, 0.6) is 0 Å². The van der Waals surface area contributed by atoms with E-state index in [9.17, 15) is 0 Å². The fourth-order valence-electron chi connectivity index (χ4n) is 1.47. The average Bonchev–Trinajstić information content (AvgIpc) is 2.72. The van der Waals surface area contributed by atoms with Gasteiger partial charge in [0.15, 0.2) is 0 Å². The Kier molecular flexibility index (Phi) is 5.93. The minimum atomic E-state index is 0.565. The average molecular weight is 242 g/mol. The molecule has 0 aliphatic rings. The van der Waals surface area contributed by atoms with Crippen LogP contribution in [0.4, 0.5) is 6.01 Å². The van der Waals surface area contributed by atoms with Crippen molar-refractivity contribution >= 4 is 6.01 Å². The zero-order valence-electron chi connectivity index (χ0n) is 11.1. The van der Waals surface area contributed by atoms with Crippen LogP contribution in [0.2, 0.25) is 0 Å². The van der Waals surface area contributed by atoms with Gasteiger partial charge in [-0.3, -0.25) is 0 Å². The molecule has 0 unspecified atom stereocenters. The maximum absolute atomic E-state index is 5.53. The molecule has 0 radical (unpaired) electrons. The first-order chi connectivity index (χ1) is 8.13. The normalized spacial score (nSPS) is 11.1. The van der Waals surface area contributed by atoms with Crippen molar-refractivity contribution in [3.05, 3.63) is 5.89 Å². The second kappa shape index (κ2) is 7.24. The molecule has 98 valence electrons. The molecule has 17 heavy (non-hydrogen) atoms. The predicted molar refractivity (Wildman–Crippen MR) is 66.0 cm³/mol. The minimum Gasteiger partial charge on any atom is -0.407 e. The highest BCUT2D eigenvalue weighted by Crippen LogP contribution is 2.11. The summed E-state index contributed by atoms with van der Waals surface area (Å²) >= 11 is 0. The molecule has 0 spiro atoms. The fourth-order valence-corrected chi connectivity index (χ4v) is 1.47. The van der Waals surface area contributed by atoms with Crippen molar-refractivity contribution in [2.45, 2.75) is 20.4 Å². The number of aromatic nitrogens is 2. The van der Waals surface area contributed by atoms with Gasteiger partial charge >= 0.3 is 6.01 Å². The lowest BCUT2D eigenvalue weighted by molar-refractivity contribution is 0.198. The highest BCUT2D eigenvalue weighted by Gasteiger charge is 2.11. The Balaban J connectivity index is 2.36. The third kappa shape index (κ3) is 5.14. The molecule has 0 bridgehead atoms. The standard InChI is InChI=1S/C11H22N4O2/c1-9(2)8-15(3)11-14-13-10(17-11)7-12-5-6-16-4/h9,12H,5-8H2,1-4H3. The zero-order chi connectivity index (χ0) is 12.7. The molecular weight excluding hydrogens is 220 g/mol. The Morgan fingerprint density at radius 3 is 2.82 bits per heavy atom. The summed E-state index contributed by atoms with van der Waals surface area (Å²) < 4.78 is 10.5. The quantitative estimate of drug-likeness (QED) is 0.683. The third-order valence-corrected chi connectivity index (χ3v) is 2.18. The Morgan fingerprint density at radius 1 is 1.41 bits per heavy atom. The van der Waals surface area contributed by atoms with Crippen molar-refractivity contribution in [2.24, 2.45) is 5.92 Å². The summed E-state index contributed by atoms with van der Waals surface area (Å²) in [4.78, 5) is 1.97. The number of methoxy groups -OCH3 is 1. The number of rotatable bonds is 8. The number of hydrogen-bond donors (Lipinski definition) is 1. The van der Waals surface area contributed by atoms with Crippen LogP contribution in [0, 0.1) is 5.92 Å². The van der Waals surface area contributed by atoms with Crippen LogP contribution in [0.25, 0.3) is 0 Å². The lowest BCUT2D eigenvalue weighted by Crippen LogP contribution is -2.22. The first-order valence-electron chi connectivity index (χ1n) is 5.86. The van der Waals surface area contributed by atoms with Gasteiger partial charge in [-0.15, -0.1) is 5.10 Å². The fraction of sp³-hybridized carbons (Fsp3) is 0.818. The molecule has 1 aromatic heterocycles. The molecule has 0 atom stereocenters. The van der Waals surface area contributed by atoms with Gasteiger partial charge in [0.2, 0.25) is 5.89 Å². The largest absolute Gasteiger partial charge is 0.407 e. The first-order valence-corrected chi connectivity index (χ1v) is 5.86. The van der Waals surface area contributed by atoms with Crippen molar-refractivity contribution in [1.29, 1.82) is 0 Å². The SMILES string of the molecule is COCCNCc1nnc(N(C)CC(C)C)o1. The van der Waals surface area contributed by atoms with E-state index in [0.29, 0.717) is 31.0 Å². The third-order valence-electron chi connectivity index (χ3n) is 2.18. The highest BCUT2D eigenvalue weighted by molar-refractivity contribution is 5.21. The van der Waals surface area contributed by atoms with Gasteiger partial charge in [-0.2, -0.15) is 0 Å². The molecule has 0 saturated carbocycles. The number of anilines is 1. The summed E-state index contributed by atoms with van der Waals surface area (Å²) in [5.74, 6) is 1.17. The van der Waals surface area contributed by atoms with E-state index in [2.05, 4.69) is 29.4 Å². The van der Waals surface area contributed by atoms with Crippen LogP contribution < -0.4 is 10.2 Å². The van der Waals surface area contributed by atoms with Crippen LogP contribution >= 0.6 is 0 Å². The van der Waals surface area contributed by atoms with Gasteiger partial charge < -0.3 is 19.4 Å². The highest BCUT2D eigenvalue weighted by atomic mass is 16.5. The van der Waals surface area contributed by atoms with E-state index < -0.39 is 0 Å². The van der Waals surface area contributed by atoms with Crippen molar-refractivity contribution in [1.82, 2.24) is 15.5 Å². The molecule has 0 aromatic carbocycles. The molecule has 1 rings (SSSR count). The zero-order valence-corrected chi connectivity index (χ0v) is 11.1. The van der Waals surface area contributed by atoms with E-state index in [1.165, 1.54) is 0 Å². The summed E-state index contributed by atoms with van der Waals surface area (Å²) in [6.07, 6.45) is 0. The molecular formula is C11H22N4O2. The maximum Gasteiger partial charge on any atom is 0.317 e. The van der Waals surface area contributed by atoms with Gasteiger partial charge in [-0.05, 0) is 5.92 Å². The van der Waals surface area contributed by atoms with E-state index in [1.807, 2.05) is 11.9 Å². The van der Waals surface area contributed by atoms with Crippen LogP contribution in [-0.4, -0.2) is 44.1 Å². The molecule has 0 amide bonds. The molecule has 6 nitrogen and oxygen atoms in total. The van der Waals surface area contributed by atoms with E-state index in [1.54, 1.807) is 7.11 Å². The van der Waals surface area contributed by atoms with Gasteiger partial charge in [0.05, 0.1) is 13.2 Å². The summed E-state index contributed by atoms with van der Waals surface area (Å²) in [6, 6.07) is 0.572. The Hall–Kier alpha value is -1.14. The van der Waals surface area contributed by atoms with E-state index in [0.717, 1.165) is 13.1 Å². The summed E-state index contributed by atoms with van der Waals surface area (Å²) in [6.45, 7) is 7.23. The lowest BCUT2D eigenvalue weighted by Gasteiger charge is -2.15. The van der Waals surface area contributed by atoms with Crippen molar-refractivity contribution in [3.8, 4) is 0 Å². The Morgan fingerprint density at radius 2 is 2.18 bits per heavy atom. The monoisotopic (exact) mass is 242 g/mol. The second-order valence-corrected chi connectivity index (χ2v) is 4.42. The predicted octanol–water partition coefficient (Wildman–Crippen LogP) is 0.898. The van der Waals surface area contributed by atoms with E-state index >= 15 is 0 Å². The maximum atomic E-state index is 5.53. The second-order valence-electron chi connectivity index (χ2n) is 4.42. The lowest BCUT2D eigenvalue weighted by atomic mass is 10.2. The topological polar surface area (TPSA) is 63.4 Å². The number of ether oxygens (including phenoxy) is 1. The minimum absolute atomic E-state index is 0.565. The summed E-state index contributed by atoms with van der Waals surface area (Å²) in [5.41, 5.74) is 0. The molecule has 0 fully saturated rings. The molecule has 0 saturated heterocycles. The molecule has 1 heterocycles. The van der Waals surface area contributed by atoms with Crippen LogP contribution in [0.3, 0.4) is 0 Å². The molecule has 6 heteroatoms. The van der Waals surface area contributed by atoms with Gasteiger partial charge in [-0.1, -0.05) is 18.9 Å². The van der Waals surface area contributed by atoms with Gasteiger partial charge in [0, 0.05) is 27.2 Å². The van der Waals surface area contributed by atoms with E-state index in [-0.39, 0.29) is 0 Å². The Labute approximate surface area is 102 Å². The number of nitrogens with zero attached hydrogens (tertiary/aromatic N) is 3. The smallest absolute Gasteiger partial charge is 0.317 e. The molecule has 1 aromatic rings. The molecule has 0 aliphatic carbocycles. The summed E-state index contributed by atoms with van der Waals surface area (Å²) in [5, 5.41) is 11.1. The number of nitrogens with one attached hydrogen (secondary N) is 1. The van der Waals surface area contributed by atoms with Crippen molar-refractivity contribution < 1.29 is 9.15 Å². The van der Waals surface area contributed by atoms with Crippen LogP contribution in [0.15, 0.2) is 4.42 Å². The van der Waals surface area contributed by atoms with Gasteiger partial charge in [-0.25, -0.2) is 0 Å². The first kappa shape index (κ1) is 13.9.